The maximum Gasteiger partial charge on any atom is 0.422 e. The van der Waals surface area contributed by atoms with Crippen LogP contribution in [0.2, 0.25) is 0 Å². The molecule has 252 valence electrons. The van der Waals surface area contributed by atoms with E-state index in [0.717, 1.165) is 18.2 Å². The summed E-state index contributed by atoms with van der Waals surface area (Å²) >= 11 is 0. The van der Waals surface area contributed by atoms with Crippen molar-refractivity contribution in [2.75, 3.05) is 0 Å². The third-order valence-corrected chi connectivity index (χ3v) is 6.39. The van der Waals surface area contributed by atoms with Crippen LogP contribution in [0.15, 0.2) is 16.7 Å². The Bertz CT molecular complexity index is 2060. The number of hydrogen-bond acceptors (Lipinski definition) is 5. The number of nitrogens with zero attached hydrogens (tertiary/aromatic N) is 5. The van der Waals surface area contributed by atoms with Crippen LogP contribution >= 0.6 is 0 Å². The maximum absolute atomic E-state index is 15.0. The average molecular weight is 717 g/mol. The second kappa shape index (κ2) is 11.9. The molecule has 0 saturated heterocycles. The molecular weight excluding hydrogens is 717 g/mol. The van der Waals surface area contributed by atoms with E-state index in [9.17, 15) is 90.4 Å². The Morgan fingerprint density at radius 1 is 0.429 bits per heavy atom. The number of benzene rings is 2. The lowest BCUT2D eigenvalue weighted by molar-refractivity contribution is -0.144. The number of alkyl halides is 6. The second-order valence-corrected chi connectivity index (χ2v) is 9.04. The summed E-state index contributed by atoms with van der Waals surface area (Å²) in [6.07, 6.45) is -14.5. The van der Waals surface area contributed by atoms with Crippen LogP contribution in [0.5, 0.6) is 0 Å². The zero-order valence-electron chi connectivity index (χ0n) is 22.2. The first kappa shape index (κ1) is 35.9. The number of halogens is 17. The summed E-state index contributed by atoms with van der Waals surface area (Å²) in [7, 11) is 0. The third-order valence-electron chi connectivity index (χ3n) is 6.39. The van der Waals surface area contributed by atoms with E-state index < -0.39 is 138 Å². The first-order valence-electron chi connectivity index (χ1n) is 11.8. The average Bonchev–Trinajstić information content (AvgIpc) is 3.70. The lowest BCUT2D eigenvalue weighted by Gasteiger charge is -2.14. The van der Waals surface area contributed by atoms with E-state index in [-0.39, 0.29) is 0 Å². The molecule has 2 aromatic carbocycles. The van der Waals surface area contributed by atoms with Gasteiger partial charge in [-0.3, -0.25) is 0 Å². The molecule has 0 amide bonds. The minimum atomic E-state index is -6.16. The topological polar surface area (TPSA) is 97.2 Å². The van der Waals surface area contributed by atoms with Crippen molar-refractivity contribution in [3.8, 4) is 18.2 Å². The highest BCUT2D eigenvalue weighted by Gasteiger charge is 2.49. The molecule has 1 heterocycles. The van der Waals surface area contributed by atoms with Crippen molar-refractivity contribution in [2.24, 2.45) is 0 Å². The first-order valence-corrected chi connectivity index (χ1v) is 11.8. The smallest absolute Gasteiger partial charge is 0.203 e. The van der Waals surface area contributed by atoms with Crippen molar-refractivity contribution in [3.63, 3.8) is 0 Å². The number of allylic oxidation sites excluding steroid dienone is 6. The number of nitriles is 3. The standard InChI is InChI=1S/C27F17N5/c28-14-10(15(29)19(33)12(18(14)32)26(39,40)41)4(1-45)7-8(9(7)6(3-47)23-22(36)24(37)49-25(38)48-23)5(2-46)11-16(30)20(34)13(27(42,43)44)21(35)17(11)31. The van der Waals surface area contributed by atoms with Crippen molar-refractivity contribution in [2.45, 2.75) is 12.4 Å². The van der Waals surface area contributed by atoms with Crippen molar-refractivity contribution < 1.29 is 74.6 Å². The zero-order valence-corrected chi connectivity index (χ0v) is 22.2. The number of hydrogen-bond donors (Lipinski definition) is 0. The molecule has 0 spiro atoms. The molecule has 0 atom stereocenters. The largest absolute Gasteiger partial charge is 0.422 e. The highest BCUT2D eigenvalue weighted by Crippen LogP contribution is 2.57. The van der Waals surface area contributed by atoms with Gasteiger partial charge < -0.3 is 0 Å². The highest BCUT2D eigenvalue weighted by atomic mass is 19.4. The normalized spacial score (nSPS) is 15.0. The van der Waals surface area contributed by atoms with Gasteiger partial charge in [0.25, 0.3) is 5.95 Å². The van der Waals surface area contributed by atoms with E-state index in [0.29, 0.717) is 0 Å². The van der Waals surface area contributed by atoms with Crippen LogP contribution in [-0.2, 0) is 12.4 Å². The summed E-state index contributed by atoms with van der Waals surface area (Å²) in [6, 6.07) is 2.42. The fourth-order valence-electron chi connectivity index (χ4n) is 4.40. The quantitative estimate of drug-likeness (QED) is 0.0894. The monoisotopic (exact) mass is 717 g/mol. The van der Waals surface area contributed by atoms with E-state index in [1.165, 1.54) is 0 Å². The van der Waals surface area contributed by atoms with Gasteiger partial charge in [0.15, 0.2) is 46.5 Å². The molecule has 0 bridgehead atoms. The molecule has 0 aliphatic heterocycles. The van der Waals surface area contributed by atoms with Crippen LogP contribution in [0.4, 0.5) is 74.6 Å². The third kappa shape index (κ3) is 5.56. The van der Waals surface area contributed by atoms with Gasteiger partial charge in [0.2, 0.25) is 5.82 Å². The summed E-state index contributed by atoms with van der Waals surface area (Å²) in [5.74, 6) is -29.9. The molecule has 3 aromatic rings. The Morgan fingerprint density at radius 3 is 1.02 bits per heavy atom. The molecule has 49 heavy (non-hydrogen) atoms. The number of aromatic nitrogens is 2. The van der Waals surface area contributed by atoms with Gasteiger partial charge in [-0.15, -0.1) is 0 Å². The molecule has 0 unspecified atom stereocenters. The number of rotatable bonds is 3. The molecule has 1 saturated carbocycles. The molecule has 5 nitrogen and oxygen atoms in total. The minimum absolute atomic E-state index is 0.753. The lowest BCUT2D eigenvalue weighted by atomic mass is 9.98. The molecule has 1 fully saturated rings. The maximum atomic E-state index is 15.0. The second-order valence-electron chi connectivity index (χ2n) is 9.04. The van der Waals surface area contributed by atoms with Gasteiger partial charge in [-0.25, -0.2) is 35.1 Å². The molecule has 0 N–H and O–H groups in total. The predicted octanol–water partition coefficient (Wildman–Crippen LogP) is 8.29. The molecule has 22 heteroatoms. The van der Waals surface area contributed by atoms with E-state index in [1.807, 2.05) is 0 Å². The molecule has 1 aliphatic carbocycles. The Balaban J connectivity index is 2.32. The molecule has 1 aromatic heterocycles. The van der Waals surface area contributed by atoms with Crippen LogP contribution in [0, 0.1) is 98.4 Å². The van der Waals surface area contributed by atoms with Gasteiger partial charge in [-0.1, -0.05) is 0 Å². The molecule has 0 radical (unpaired) electrons. The van der Waals surface area contributed by atoms with Crippen LogP contribution in [0.1, 0.15) is 27.9 Å². The van der Waals surface area contributed by atoms with Crippen molar-refractivity contribution in [3.05, 3.63) is 109 Å². The Labute approximate surface area is 257 Å². The Kier molecular flexibility index (Phi) is 8.72. The van der Waals surface area contributed by atoms with E-state index in [1.54, 1.807) is 0 Å². The summed E-state index contributed by atoms with van der Waals surface area (Å²) in [5, 5.41) is 29.0. The van der Waals surface area contributed by atoms with E-state index in [2.05, 4.69) is 9.97 Å². The highest BCUT2D eigenvalue weighted by molar-refractivity contribution is 6.12. The summed E-state index contributed by atoms with van der Waals surface area (Å²) in [6.45, 7) is 0. The van der Waals surface area contributed by atoms with Crippen molar-refractivity contribution in [1.29, 1.82) is 15.8 Å². The first-order chi connectivity index (χ1) is 22.6. The molecule has 1 aliphatic rings. The van der Waals surface area contributed by atoms with Crippen LogP contribution in [-0.4, -0.2) is 9.97 Å². The van der Waals surface area contributed by atoms with E-state index in [4.69, 9.17) is 0 Å². The van der Waals surface area contributed by atoms with Crippen LogP contribution in [0.25, 0.3) is 16.7 Å². The van der Waals surface area contributed by atoms with Crippen LogP contribution < -0.4 is 0 Å². The van der Waals surface area contributed by atoms with E-state index >= 15 is 0 Å². The van der Waals surface area contributed by atoms with Gasteiger partial charge in [0.1, 0.15) is 35.0 Å². The molecule has 4 rings (SSSR count). The van der Waals surface area contributed by atoms with Crippen molar-refractivity contribution in [1.82, 2.24) is 9.97 Å². The zero-order chi connectivity index (χ0) is 37.2. The van der Waals surface area contributed by atoms with Gasteiger partial charge in [-0.2, -0.15) is 65.3 Å². The fourth-order valence-corrected chi connectivity index (χ4v) is 4.40. The van der Waals surface area contributed by atoms with Gasteiger partial charge in [-0.05, 0) is 0 Å². The Morgan fingerprint density at radius 2 is 0.735 bits per heavy atom. The summed E-state index contributed by atoms with van der Waals surface area (Å²) in [4.78, 5) is 4.96. The van der Waals surface area contributed by atoms with Crippen LogP contribution in [0.3, 0.4) is 0 Å². The lowest BCUT2D eigenvalue weighted by Crippen LogP contribution is -2.17. The molecular formula is C27F17N5. The van der Waals surface area contributed by atoms with Gasteiger partial charge >= 0.3 is 18.4 Å². The Hall–Kier alpha value is -5.98. The van der Waals surface area contributed by atoms with Crippen molar-refractivity contribution >= 4 is 16.7 Å². The fraction of sp³-hybridized carbons (Fsp3) is 0.0741. The van der Waals surface area contributed by atoms with Gasteiger partial charge in [0, 0.05) is 16.7 Å². The minimum Gasteiger partial charge on any atom is -0.203 e. The van der Waals surface area contributed by atoms with Gasteiger partial charge in [0.05, 0.1) is 27.8 Å². The summed E-state index contributed by atoms with van der Waals surface area (Å²) in [5.41, 5.74) is -23.8. The summed E-state index contributed by atoms with van der Waals surface area (Å²) < 4.78 is 238. The SMILES string of the molecule is N#CC(=C1C(=C(C#N)c2c(F)c(F)c(C(F)(F)F)c(F)c2F)C1=C(C#N)c1c(F)c(F)c(C(F)(F)F)c(F)c1F)c1nc(F)nc(F)c1F. The predicted molar refractivity (Wildman–Crippen MR) is 122 cm³/mol.